The maximum absolute atomic E-state index is 12.5. The lowest BCUT2D eigenvalue weighted by Crippen LogP contribution is -2.60. The van der Waals surface area contributed by atoms with Crippen LogP contribution in [0.1, 0.15) is 0 Å². The molecule has 3 nitrogen and oxygen atoms in total. The van der Waals surface area contributed by atoms with Crippen molar-refractivity contribution in [3.63, 3.8) is 0 Å². The number of halogens is 6. The Kier molecular flexibility index (Phi) is 3.75. The summed E-state index contributed by atoms with van der Waals surface area (Å²) in [5.74, 6) is -17.3. The molecule has 0 unspecified atom stereocenters. The van der Waals surface area contributed by atoms with Crippen LogP contribution in [0.25, 0.3) is 0 Å². The smallest absolute Gasteiger partial charge is 0.381 e. The Labute approximate surface area is 79.3 Å². The van der Waals surface area contributed by atoms with Gasteiger partial charge >= 0.3 is 17.8 Å². The number of hydrogen-bond donors (Lipinski definition) is 2. The van der Waals surface area contributed by atoms with Crippen molar-refractivity contribution in [1.82, 2.24) is 0 Å². The molecule has 0 bridgehead atoms. The van der Waals surface area contributed by atoms with Crippen molar-refractivity contribution < 1.29 is 41.4 Å². The number of aliphatic hydroxyl groups excluding tert-OH is 2. The molecule has 0 spiro atoms. The Balaban J connectivity index is 5.26. The Morgan fingerprint density at radius 3 is 1.80 bits per heavy atom. The van der Waals surface area contributed by atoms with Crippen molar-refractivity contribution in [3.8, 4) is 0 Å². The fourth-order valence-corrected chi connectivity index (χ4v) is 0.620. The molecular formula is C6H6F6O3. The van der Waals surface area contributed by atoms with Gasteiger partial charge in [-0.3, -0.25) is 4.79 Å². The highest BCUT2D eigenvalue weighted by Crippen LogP contribution is 2.46. The highest BCUT2D eigenvalue weighted by molar-refractivity contribution is 5.62. The van der Waals surface area contributed by atoms with Crippen LogP contribution >= 0.6 is 0 Å². The van der Waals surface area contributed by atoms with E-state index in [4.69, 9.17) is 10.2 Å². The molecule has 0 saturated carbocycles. The minimum absolute atomic E-state index is 1.65. The Bertz CT molecular complexity index is 241. The van der Waals surface area contributed by atoms with Gasteiger partial charge in [-0.05, 0) is 0 Å². The number of carbonyl (C=O) groups is 1. The van der Waals surface area contributed by atoms with Crippen LogP contribution in [0.4, 0.5) is 26.3 Å². The van der Waals surface area contributed by atoms with E-state index in [-0.39, 0.29) is 0 Å². The van der Waals surface area contributed by atoms with Gasteiger partial charge in [0.25, 0.3) is 0 Å². The third-order valence-corrected chi connectivity index (χ3v) is 1.58. The summed E-state index contributed by atoms with van der Waals surface area (Å²) in [6.45, 7) is -1.85. The van der Waals surface area contributed by atoms with E-state index in [2.05, 4.69) is 0 Å². The normalized spacial score (nSPS) is 16.3. The third-order valence-electron chi connectivity index (χ3n) is 1.58. The Morgan fingerprint density at radius 2 is 1.53 bits per heavy atom. The molecule has 0 rings (SSSR count). The van der Waals surface area contributed by atoms with Gasteiger partial charge in [0.1, 0.15) is 6.10 Å². The van der Waals surface area contributed by atoms with E-state index in [9.17, 15) is 31.1 Å². The molecule has 0 aromatic heterocycles. The van der Waals surface area contributed by atoms with E-state index in [1.165, 1.54) is 0 Å². The van der Waals surface area contributed by atoms with Gasteiger partial charge in [-0.15, -0.1) is 0 Å². The topological polar surface area (TPSA) is 57.5 Å². The number of aldehydes is 1. The quantitative estimate of drug-likeness (QED) is 0.541. The van der Waals surface area contributed by atoms with E-state index >= 15 is 0 Å². The van der Waals surface area contributed by atoms with E-state index in [1.807, 2.05) is 0 Å². The SMILES string of the molecule is O=CC(F)(F)C(F)(F)C(F)(F)[C@H](O)CO. The first-order valence-electron chi connectivity index (χ1n) is 3.43. The van der Waals surface area contributed by atoms with Crippen LogP contribution in [0.5, 0.6) is 0 Å². The number of alkyl halides is 6. The first-order valence-corrected chi connectivity index (χ1v) is 3.43. The maximum atomic E-state index is 12.5. The second-order valence-electron chi connectivity index (χ2n) is 2.64. The molecule has 2 N–H and O–H groups in total. The predicted octanol–water partition coefficient (Wildman–Crippen LogP) is 0.444. The van der Waals surface area contributed by atoms with Gasteiger partial charge in [0.05, 0.1) is 6.61 Å². The van der Waals surface area contributed by atoms with Crippen molar-refractivity contribution in [1.29, 1.82) is 0 Å². The molecule has 1 atom stereocenters. The van der Waals surface area contributed by atoms with Crippen molar-refractivity contribution in [2.75, 3.05) is 6.61 Å². The van der Waals surface area contributed by atoms with Crippen LogP contribution in [0, 0.1) is 0 Å². The van der Waals surface area contributed by atoms with Crippen molar-refractivity contribution in [2.24, 2.45) is 0 Å². The van der Waals surface area contributed by atoms with E-state index in [1.54, 1.807) is 0 Å². The number of rotatable bonds is 5. The summed E-state index contributed by atoms with van der Waals surface area (Å²) < 4.78 is 74.1. The highest BCUT2D eigenvalue weighted by Gasteiger charge is 2.74. The van der Waals surface area contributed by atoms with Gasteiger partial charge in [-0.2, -0.15) is 26.3 Å². The van der Waals surface area contributed by atoms with Crippen LogP contribution in [-0.2, 0) is 4.79 Å². The van der Waals surface area contributed by atoms with Crippen LogP contribution < -0.4 is 0 Å². The Hall–Kier alpha value is -0.830. The standard InChI is InChI=1S/C6H6F6O3/c7-4(8,2-14)6(11,12)5(9,10)3(15)1-13/h2-3,13,15H,1H2/t3-/m1/s1. The van der Waals surface area contributed by atoms with Crippen molar-refractivity contribution in [3.05, 3.63) is 0 Å². The summed E-state index contributed by atoms with van der Waals surface area (Å²) in [7, 11) is 0. The maximum Gasteiger partial charge on any atom is 0.381 e. The fraction of sp³-hybridized carbons (Fsp3) is 0.833. The summed E-state index contributed by atoms with van der Waals surface area (Å²) >= 11 is 0. The molecule has 90 valence electrons. The summed E-state index contributed by atoms with van der Waals surface area (Å²) in [5, 5.41) is 16.2. The number of aliphatic hydroxyl groups is 2. The number of carbonyl (C=O) groups excluding carboxylic acids is 1. The van der Waals surface area contributed by atoms with Crippen LogP contribution in [0.15, 0.2) is 0 Å². The molecule has 0 saturated heterocycles. The molecular weight excluding hydrogens is 234 g/mol. The second-order valence-corrected chi connectivity index (χ2v) is 2.64. The summed E-state index contributed by atoms with van der Waals surface area (Å²) in [6.07, 6.45) is -5.04. The Morgan fingerprint density at radius 1 is 1.13 bits per heavy atom. The van der Waals surface area contributed by atoms with Crippen molar-refractivity contribution in [2.45, 2.75) is 23.9 Å². The summed E-state index contributed by atoms with van der Waals surface area (Å²) in [4.78, 5) is 9.52. The van der Waals surface area contributed by atoms with Gasteiger partial charge < -0.3 is 10.2 Å². The monoisotopic (exact) mass is 240 g/mol. The molecule has 0 aliphatic carbocycles. The molecule has 0 fully saturated rings. The van der Waals surface area contributed by atoms with Gasteiger partial charge in [0.2, 0.25) is 0 Å². The zero-order valence-electron chi connectivity index (χ0n) is 6.93. The van der Waals surface area contributed by atoms with Crippen molar-refractivity contribution >= 4 is 6.29 Å². The highest BCUT2D eigenvalue weighted by atomic mass is 19.3. The summed E-state index contributed by atoms with van der Waals surface area (Å²) in [5.41, 5.74) is 0. The predicted molar refractivity (Wildman–Crippen MR) is 34.0 cm³/mol. The molecule has 0 amide bonds. The minimum Gasteiger partial charge on any atom is -0.393 e. The molecule has 0 aromatic rings. The number of hydrogen-bond acceptors (Lipinski definition) is 3. The van der Waals surface area contributed by atoms with Crippen LogP contribution in [0.3, 0.4) is 0 Å². The van der Waals surface area contributed by atoms with Gasteiger partial charge in [-0.25, -0.2) is 0 Å². The van der Waals surface area contributed by atoms with Gasteiger partial charge in [-0.1, -0.05) is 0 Å². The first kappa shape index (κ1) is 14.2. The first-order chi connectivity index (χ1) is 6.54. The van der Waals surface area contributed by atoms with Crippen LogP contribution in [-0.4, -0.2) is 47.0 Å². The van der Waals surface area contributed by atoms with Crippen LogP contribution in [0.2, 0.25) is 0 Å². The molecule has 0 radical (unpaired) electrons. The average molecular weight is 240 g/mol. The third kappa shape index (κ3) is 2.07. The van der Waals surface area contributed by atoms with E-state index in [0.717, 1.165) is 0 Å². The minimum atomic E-state index is -6.08. The van der Waals surface area contributed by atoms with E-state index in [0.29, 0.717) is 0 Å². The molecule has 0 heterocycles. The second kappa shape index (κ2) is 3.97. The molecule has 0 aliphatic heterocycles. The lowest BCUT2D eigenvalue weighted by Gasteiger charge is -2.32. The molecule has 0 aliphatic rings. The lowest BCUT2D eigenvalue weighted by molar-refractivity contribution is -0.320. The molecule has 9 heteroatoms. The van der Waals surface area contributed by atoms with E-state index < -0.39 is 36.8 Å². The zero-order chi connectivity index (χ0) is 12.5. The molecule has 0 aromatic carbocycles. The largest absolute Gasteiger partial charge is 0.393 e. The lowest BCUT2D eigenvalue weighted by atomic mass is 10.0. The summed E-state index contributed by atoms with van der Waals surface area (Å²) in [6, 6.07) is 0. The average Bonchev–Trinajstić information content (AvgIpc) is 2.15. The van der Waals surface area contributed by atoms with Gasteiger partial charge in [0.15, 0.2) is 6.29 Å². The molecule has 15 heavy (non-hydrogen) atoms. The fourth-order valence-electron chi connectivity index (χ4n) is 0.620. The zero-order valence-corrected chi connectivity index (χ0v) is 6.93. The van der Waals surface area contributed by atoms with Gasteiger partial charge in [0, 0.05) is 0 Å².